The van der Waals surface area contributed by atoms with Gasteiger partial charge in [-0.05, 0) is 30.3 Å². The van der Waals surface area contributed by atoms with E-state index < -0.39 is 11.9 Å². The van der Waals surface area contributed by atoms with E-state index in [1.807, 2.05) is 6.07 Å². The minimum absolute atomic E-state index is 0.0268. The lowest BCUT2D eigenvalue weighted by molar-refractivity contribution is -0.140. The second-order valence-corrected chi connectivity index (χ2v) is 10.0. The molecule has 0 aliphatic rings. The molecule has 0 saturated heterocycles. The fourth-order valence-corrected chi connectivity index (χ4v) is 4.91. The number of hydrogen-bond acceptors (Lipinski definition) is 10. The van der Waals surface area contributed by atoms with E-state index in [-0.39, 0.29) is 29.8 Å². The standard InChI is InChI=1S/C26H21ClN6O5S/c1-37-23(34)8-11-32-10-7-17(24(26(32)36)18-4-2-3-9-28-18)19-12-22(29-13-16-5-6-21(27)39-16)33(31-19)25(35)20-14-38-15-30-20/h2-7,9-10,12,14-15,29H,8,11,13H2,1H3. The highest BCUT2D eigenvalue weighted by Gasteiger charge is 2.23. The van der Waals surface area contributed by atoms with E-state index in [1.165, 1.54) is 34.0 Å². The molecule has 198 valence electrons. The first kappa shape index (κ1) is 26.1. The molecule has 39 heavy (non-hydrogen) atoms. The van der Waals surface area contributed by atoms with Gasteiger partial charge in [-0.2, -0.15) is 9.78 Å². The third kappa shape index (κ3) is 5.66. The van der Waals surface area contributed by atoms with Crippen LogP contribution in [0, 0.1) is 0 Å². The fourth-order valence-electron chi connectivity index (χ4n) is 3.88. The van der Waals surface area contributed by atoms with Crippen LogP contribution in [0.1, 0.15) is 21.8 Å². The monoisotopic (exact) mass is 564 g/mol. The molecule has 0 atom stereocenters. The van der Waals surface area contributed by atoms with Crippen LogP contribution >= 0.6 is 22.9 Å². The van der Waals surface area contributed by atoms with Crippen molar-refractivity contribution in [2.75, 3.05) is 12.4 Å². The largest absolute Gasteiger partial charge is 0.469 e. The van der Waals surface area contributed by atoms with Gasteiger partial charge in [0.2, 0.25) is 0 Å². The summed E-state index contributed by atoms with van der Waals surface area (Å²) in [5.41, 5.74) is 1.21. The van der Waals surface area contributed by atoms with Gasteiger partial charge in [-0.3, -0.25) is 19.4 Å². The molecule has 0 aliphatic carbocycles. The van der Waals surface area contributed by atoms with Crippen LogP contribution in [0.5, 0.6) is 0 Å². The number of anilines is 1. The van der Waals surface area contributed by atoms with Gasteiger partial charge < -0.3 is 19.0 Å². The van der Waals surface area contributed by atoms with Gasteiger partial charge in [0.1, 0.15) is 12.1 Å². The van der Waals surface area contributed by atoms with Crippen LogP contribution in [0.15, 0.2) is 76.7 Å². The molecule has 13 heteroatoms. The molecular formula is C26H21ClN6O5S. The van der Waals surface area contributed by atoms with Gasteiger partial charge in [-0.25, -0.2) is 4.98 Å². The lowest BCUT2D eigenvalue weighted by Crippen LogP contribution is -2.24. The number of halogens is 1. The number of carbonyl (C=O) groups excluding carboxylic acids is 2. The van der Waals surface area contributed by atoms with Crippen molar-refractivity contribution in [1.29, 1.82) is 0 Å². The Morgan fingerprint density at radius 3 is 2.72 bits per heavy atom. The molecule has 5 rings (SSSR count). The molecule has 0 aliphatic heterocycles. The highest BCUT2D eigenvalue weighted by Crippen LogP contribution is 2.30. The summed E-state index contributed by atoms with van der Waals surface area (Å²) in [7, 11) is 1.29. The highest BCUT2D eigenvalue weighted by molar-refractivity contribution is 7.16. The zero-order valence-electron chi connectivity index (χ0n) is 20.5. The van der Waals surface area contributed by atoms with E-state index in [4.69, 9.17) is 20.8 Å². The number of nitrogens with one attached hydrogen (secondary N) is 1. The zero-order valence-corrected chi connectivity index (χ0v) is 22.1. The van der Waals surface area contributed by atoms with Gasteiger partial charge >= 0.3 is 11.9 Å². The smallest absolute Gasteiger partial charge is 0.307 e. The van der Waals surface area contributed by atoms with Gasteiger partial charge in [0, 0.05) is 35.4 Å². The third-order valence-electron chi connectivity index (χ3n) is 5.77. The molecule has 0 fully saturated rings. The quantitative estimate of drug-likeness (QED) is 0.259. The van der Waals surface area contributed by atoms with Gasteiger partial charge in [-0.15, -0.1) is 11.3 Å². The Balaban J connectivity index is 1.60. The second-order valence-electron chi connectivity index (χ2n) is 8.21. The molecule has 0 spiro atoms. The number of esters is 1. The summed E-state index contributed by atoms with van der Waals surface area (Å²) in [6, 6.07) is 12.3. The topological polar surface area (TPSA) is 134 Å². The molecule has 0 saturated carbocycles. The van der Waals surface area contributed by atoms with Gasteiger partial charge in [-0.1, -0.05) is 17.7 Å². The molecule has 11 nitrogen and oxygen atoms in total. The van der Waals surface area contributed by atoms with Crippen molar-refractivity contribution in [3.63, 3.8) is 0 Å². The number of ether oxygens (including phenoxy) is 1. The Labute approximate surface area is 230 Å². The first-order chi connectivity index (χ1) is 18.9. The van der Waals surface area contributed by atoms with E-state index >= 15 is 0 Å². The number of oxazole rings is 1. The molecule has 0 radical (unpaired) electrons. The molecule has 1 N–H and O–H groups in total. The minimum atomic E-state index is -0.521. The predicted molar refractivity (Wildman–Crippen MR) is 145 cm³/mol. The Kier molecular flexibility index (Phi) is 7.66. The first-order valence-electron chi connectivity index (χ1n) is 11.7. The summed E-state index contributed by atoms with van der Waals surface area (Å²) in [4.78, 5) is 47.8. The van der Waals surface area contributed by atoms with Crippen molar-refractivity contribution >= 4 is 40.6 Å². The Bertz CT molecular complexity index is 1680. The maximum atomic E-state index is 13.6. The number of thiophene rings is 1. The Hall–Kier alpha value is -4.55. The summed E-state index contributed by atoms with van der Waals surface area (Å²) in [5.74, 6) is -0.574. The summed E-state index contributed by atoms with van der Waals surface area (Å²) in [6.07, 6.45) is 5.57. The van der Waals surface area contributed by atoms with Crippen LogP contribution in [0.4, 0.5) is 5.82 Å². The Morgan fingerprint density at radius 1 is 1.15 bits per heavy atom. The molecule has 5 aromatic heterocycles. The molecule has 0 unspecified atom stereocenters. The molecular weight excluding hydrogens is 544 g/mol. The average Bonchev–Trinajstić information content (AvgIpc) is 3.72. The molecule has 0 bridgehead atoms. The Morgan fingerprint density at radius 2 is 2.03 bits per heavy atom. The third-order valence-corrected chi connectivity index (χ3v) is 7.00. The number of pyridine rings is 2. The maximum absolute atomic E-state index is 13.6. The van der Waals surface area contributed by atoms with Crippen molar-refractivity contribution < 1.29 is 18.7 Å². The van der Waals surface area contributed by atoms with Crippen molar-refractivity contribution in [3.05, 3.63) is 92.8 Å². The van der Waals surface area contributed by atoms with E-state index in [1.54, 1.807) is 48.8 Å². The molecule has 5 aromatic rings. The van der Waals surface area contributed by atoms with Gasteiger partial charge in [0.15, 0.2) is 12.1 Å². The SMILES string of the molecule is COC(=O)CCn1ccc(-c2cc(NCc3ccc(Cl)s3)n(C(=O)c3cocn3)n2)c(-c2ccccn2)c1=O. The summed E-state index contributed by atoms with van der Waals surface area (Å²) in [5, 5.41) is 7.77. The van der Waals surface area contributed by atoms with Gasteiger partial charge in [0.05, 0.1) is 41.4 Å². The number of hydrogen-bond donors (Lipinski definition) is 1. The number of carbonyl (C=O) groups is 2. The maximum Gasteiger partial charge on any atom is 0.307 e. The molecule has 0 aromatic carbocycles. The highest BCUT2D eigenvalue weighted by atomic mass is 35.5. The van der Waals surface area contributed by atoms with Gasteiger partial charge in [0.25, 0.3) is 5.56 Å². The van der Waals surface area contributed by atoms with E-state index in [0.717, 1.165) is 11.3 Å². The number of aryl methyl sites for hydroxylation is 1. The lowest BCUT2D eigenvalue weighted by Gasteiger charge is -2.11. The zero-order chi connectivity index (χ0) is 27.4. The van der Waals surface area contributed by atoms with Crippen molar-refractivity contribution in [2.24, 2.45) is 0 Å². The predicted octanol–water partition coefficient (Wildman–Crippen LogP) is 4.34. The van der Waals surface area contributed by atoms with E-state index in [2.05, 4.69) is 20.4 Å². The van der Waals surface area contributed by atoms with Crippen LogP contribution in [0.2, 0.25) is 4.34 Å². The summed E-state index contributed by atoms with van der Waals surface area (Å²) < 4.78 is 12.9. The van der Waals surface area contributed by atoms with Crippen molar-refractivity contribution in [3.8, 4) is 22.5 Å². The summed E-state index contributed by atoms with van der Waals surface area (Å²) >= 11 is 7.47. The number of methoxy groups -OCH3 is 1. The second kappa shape index (κ2) is 11.5. The van der Waals surface area contributed by atoms with E-state index in [0.29, 0.717) is 33.7 Å². The van der Waals surface area contributed by atoms with Crippen molar-refractivity contribution in [1.82, 2.24) is 24.3 Å². The van der Waals surface area contributed by atoms with E-state index in [9.17, 15) is 14.4 Å². The number of nitrogens with zero attached hydrogens (tertiary/aromatic N) is 5. The number of aromatic nitrogens is 5. The van der Waals surface area contributed by atoms with Crippen LogP contribution in [-0.4, -0.2) is 43.3 Å². The fraction of sp³-hybridized carbons (Fsp3) is 0.154. The number of rotatable bonds is 9. The minimum Gasteiger partial charge on any atom is -0.469 e. The lowest BCUT2D eigenvalue weighted by atomic mass is 10.0. The van der Waals surface area contributed by atoms with Crippen LogP contribution in [0.25, 0.3) is 22.5 Å². The van der Waals surface area contributed by atoms with Crippen LogP contribution < -0.4 is 10.9 Å². The summed E-state index contributed by atoms with van der Waals surface area (Å²) in [6.45, 7) is 0.512. The first-order valence-corrected chi connectivity index (χ1v) is 12.9. The molecule has 5 heterocycles. The van der Waals surface area contributed by atoms with Crippen molar-refractivity contribution in [2.45, 2.75) is 19.5 Å². The normalized spacial score (nSPS) is 10.9. The van der Waals surface area contributed by atoms with Crippen LogP contribution in [0.3, 0.4) is 0 Å². The van der Waals surface area contributed by atoms with Crippen LogP contribution in [-0.2, 0) is 22.6 Å². The average molecular weight is 565 g/mol. The molecule has 0 amide bonds.